The summed E-state index contributed by atoms with van der Waals surface area (Å²) in [4.78, 5) is 39.6. The number of nitrogens with zero attached hydrogens (tertiary/aromatic N) is 2. The Morgan fingerprint density at radius 1 is 1.23 bits per heavy atom. The molecule has 1 fully saturated rings. The van der Waals surface area contributed by atoms with Gasteiger partial charge in [0.1, 0.15) is 17.8 Å². The average Bonchev–Trinajstić information content (AvgIpc) is 2.80. The lowest BCUT2D eigenvalue weighted by atomic mass is 9.92. The molecule has 0 bridgehead atoms. The molecular weight excluding hydrogens is 348 g/mol. The van der Waals surface area contributed by atoms with E-state index < -0.39 is 24.1 Å². The molecule has 7 nitrogen and oxygen atoms in total. The van der Waals surface area contributed by atoms with Crippen LogP contribution in [0, 0.1) is 0 Å². The molecule has 4 amide bonds. The topological polar surface area (TPSA) is 79.0 Å². The van der Waals surface area contributed by atoms with Crippen LogP contribution < -0.4 is 10.1 Å². The molecule has 0 unspecified atom stereocenters. The Morgan fingerprint density at radius 2 is 1.81 bits per heavy atom. The first-order valence-electron chi connectivity index (χ1n) is 8.20. The largest absolute Gasteiger partial charge is 0.435 e. The predicted octanol–water partition coefficient (Wildman–Crippen LogP) is 1.92. The number of rotatable bonds is 7. The van der Waals surface area contributed by atoms with Crippen LogP contribution in [-0.2, 0) is 15.1 Å². The first-order valence-corrected chi connectivity index (χ1v) is 8.20. The van der Waals surface area contributed by atoms with Crippen LogP contribution in [0.5, 0.6) is 5.75 Å². The smallest absolute Gasteiger partial charge is 0.387 e. The maximum absolute atomic E-state index is 12.8. The van der Waals surface area contributed by atoms with Crippen molar-refractivity contribution in [2.75, 3.05) is 19.6 Å². The van der Waals surface area contributed by atoms with Gasteiger partial charge in [0, 0.05) is 13.1 Å². The minimum absolute atomic E-state index is 0.0577. The summed E-state index contributed by atoms with van der Waals surface area (Å²) in [6.07, 6.45) is 0. The van der Waals surface area contributed by atoms with Crippen molar-refractivity contribution < 1.29 is 27.9 Å². The number of benzene rings is 1. The van der Waals surface area contributed by atoms with E-state index in [1.54, 1.807) is 13.8 Å². The van der Waals surface area contributed by atoms with Gasteiger partial charge in [0.25, 0.3) is 5.91 Å². The molecule has 26 heavy (non-hydrogen) atoms. The molecule has 0 radical (unpaired) electrons. The minimum Gasteiger partial charge on any atom is -0.435 e. The van der Waals surface area contributed by atoms with E-state index in [2.05, 4.69) is 10.1 Å². The van der Waals surface area contributed by atoms with Gasteiger partial charge < -0.3 is 15.0 Å². The summed E-state index contributed by atoms with van der Waals surface area (Å²) in [7, 11) is 0. The Morgan fingerprint density at radius 3 is 2.31 bits per heavy atom. The van der Waals surface area contributed by atoms with Crippen LogP contribution in [0.3, 0.4) is 0 Å². The van der Waals surface area contributed by atoms with Crippen LogP contribution in [0.25, 0.3) is 0 Å². The van der Waals surface area contributed by atoms with Crippen LogP contribution in [0.2, 0.25) is 0 Å². The molecular formula is C17H21F2N3O4. The zero-order chi connectivity index (χ0) is 19.5. The number of carbonyl (C=O) groups excluding carboxylic acids is 3. The highest BCUT2D eigenvalue weighted by Gasteiger charge is 2.49. The van der Waals surface area contributed by atoms with Crippen molar-refractivity contribution in [3.8, 4) is 5.75 Å². The normalized spacial score (nSPS) is 19.7. The number of likely N-dealkylation sites (N-methyl/N-ethyl adjacent to an activating group) is 1. The lowest BCUT2D eigenvalue weighted by molar-refractivity contribution is -0.138. The number of halogens is 2. The van der Waals surface area contributed by atoms with Crippen LogP contribution in [0.4, 0.5) is 13.6 Å². The fourth-order valence-electron chi connectivity index (χ4n) is 2.82. The number of hydrogen-bond acceptors (Lipinski definition) is 4. The van der Waals surface area contributed by atoms with E-state index in [4.69, 9.17) is 0 Å². The summed E-state index contributed by atoms with van der Waals surface area (Å²) in [6.45, 7) is 2.75. The molecule has 2 rings (SSSR count). The Labute approximate surface area is 149 Å². The van der Waals surface area contributed by atoms with Gasteiger partial charge in [-0.2, -0.15) is 8.78 Å². The summed E-state index contributed by atoms with van der Waals surface area (Å²) in [5.74, 6) is -0.966. The molecule has 1 atom stereocenters. The van der Waals surface area contributed by atoms with Gasteiger partial charge in [0.05, 0.1) is 0 Å². The summed E-state index contributed by atoms with van der Waals surface area (Å²) >= 11 is 0. The van der Waals surface area contributed by atoms with Crippen LogP contribution in [0.15, 0.2) is 24.3 Å². The number of amides is 4. The molecule has 9 heteroatoms. The Hall–Kier alpha value is -2.71. The number of urea groups is 1. The van der Waals surface area contributed by atoms with Crippen molar-refractivity contribution >= 4 is 17.8 Å². The second-order valence-electron chi connectivity index (χ2n) is 5.92. The number of nitrogens with one attached hydrogen (secondary N) is 1. The zero-order valence-electron chi connectivity index (χ0n) is 14.8. The maximum Gasteiger partial charge on any atom is 0.387 e. The summed E-state index contributed by atoms with van der Waals surface area (Å²) in [5, 5.41) is 2.56. The van der Waals surface area contributed by atoms with Crippen molar-refractivity contribution in [1.29, 1.82) is 0 Å². The van der Waals surface area contributed by atoms with E-state index in [0.717, 1.165) is 4.90 Å². The molecule has 0 spiro atoms. The number of hydrogen-bond donors (Lipinski definition) is 1. The molecule has 0 saturated carbocycles. The molecule has 1 aromatic rings. The van der Waals surface area contributed by atoms with Gasteiger partial charge in [-0.3, -0.25) is 14.5 Å². The molecule has 1 N–H and O–H groups in total. The highest BCUT2D eigenvalue weighted by atomic mass is 19.3. The average molecular weight is 369 g/mol. The number of ether oxygens (including phenoxy) is 1. The molecule has 1 aliphatic rings. The predicted molar refractivity (Wildman–Crippen MR) is 88.6 cm³/mol. The lowest BCUT2D eigenvalue weighted by Gasteiger charge is -2.24. The van der Waals surface area contributed by atoms with Crippen LogP contribution in [0.1, 0.15) is 26.3 Å². The monoisotopic (exact) mass is 369 g/mol. The molecule has 1 saturated heterocycles. The van der Waals surface area contributed by atoms with Gasteiger partial charge in [-0.1, -0.05) is 12.1 Å². The van der Waals surface area contributed by atoms with Gasteiger partial charge in [0.2, 0.25) is 5.91 Å². The third-order valence-corrected chi connectivity index (χ3v) is 4.34. The van der Waals surface area contributed by atoms with Crippen LogP contribution in [-0.4, -0.2) is 53.9 Å². The van der Waals surface area contributed by atoms with Crippen molar-refractivity contribution in [3.05, 3.63) is 29.8 Å². The second-order valence-corrected chi connectivity index (χ2v) is 5.92. The summed E-state index contributed by atoms with van der Waals surface area (Å²) in [6, 6.07) is 4.74. The Kier molecular flexibility index (Phi) is 5.79. The van der Waals surface area contributed by atoms with Gasteiger partial charge in [-0.05, 0) is 38.5 Å². The number of alkyl halides is 2. The maximum atomic E-state index is 12.8. The highest BCUT2D eigenvalue weighted by Crippen LogP contribution is 2.30. The van der Waals surface area contributed by atoms with E-state index in [1.807, 2.05) is 0 Å². The second kappa shape index (κ2) is 7.67. The van der Waals surface area contributed by atoms with E-state index in [0.29, 0.717) is 18.7 Å². The zero-order valence-corrected chi connectivity index (χ0v) is 14.8. The van der Waals surface area contributed by atoms with Crippen molar-refractivity contribution in [2.45, 2.75) is 32.9 Å². The number of imide groups is 1. The van der Waals surface area contributed by atoms with Crippen molar-refractivity contribution in [2.24, 2.45) is 0 Å². The van der Waals surface area contributed by atoms with E-state index in [1.165, 1.54) is 36.1 Å². The van der Waals surface area contributed by atoms with Crippen molar-refractivity contribution in [3.63, 3.8) is 0 Å². The summed E-state index contributed by atoms with van der Waals surface area (Å²) in [5.41, 5.74) is -0.987. The van der Waals surface area contributed by atoms with E-state index in [9.17, 15) is 23.2 Å². The van der Waals surface area contributed by atoms with E-state index in [-0.39, 0.29) is 18.2 Å². The van der Waals surface area contributed by atoms with Gasteiger partial charge in [-0.25, -0.2) is 4.79 Å². The molecule has 0 aliphatic carbocycles. The molecule has 1 aliphatic heterocycles. The highest BCUT2D eigenvalue weighted by molar-refractivity contribution is 6.09. The minimum atomic E-state index is -2.95. The van der Waals surface area contributed by atoms with Gasteiger partial charge >= 0.3 is 12.6 Å². The molecule has 1 aromatic carbocycles. The van der Waals surface area contributed by atoms with Gasteiger partial charge in [0.15, 0.2) is 0 Å². The molecule has 0 aromatic heterocycles. The SMILES string of the molecule is CCN(CC)C(=O)CN1C(=O)N[C@](C)(c2ccc(OC(F)F)cc2)C1=O. The van der Waals surface area contributed by atoms with Crippen LogP contribution >= 0.6 is 0 Å². The fraction of sp³-hybridized carbons (Fsp3) is 0.471. The third-order valence-electron chi connectivity index (χ3n) is 4.34. The fourth-order valence-corrected chi connectivity index (χ4v) is 2.82. The Bertz CT molecular complexity index is 692. The third kappa shape index (κ3) is 3.76. The standard InChI is InChI=1S/C17H21F2N3O4/c1-4-21(5-2)13(23)10-22-14(24)17(3,20-16(22)25)11-6-8-12(9-7-11)26-15(18)19/h6-9,15H,4-5,10H2,1-3H3,(H,20,25)/t17-/m1/s1. The Balaban J connectivity index is 2.19. The quantitative estimate of drug-likeness (QED) is 0.745. The summed E-state index contributed by atoms with van der Waals surface area (Å²) < 4.78 is 28.7. The molecule has 1 heterocycles. The van der Waals surface area contributed by atoms with Gasteiger partial charge in [-0.15, -0.1) is 0 Å². The lowest BCUT2D eigenvalue weighted by Crippen LogP contribution is -2.44. The van der Waals surface area contributed by atoms with E-state index >= 15 is 0 Å². The van der Waals surface area contributed by atoms with Crippen molar-refractivity contribution in [1.82, 2.24) is 15.1 Å². The first-order chi connectivity index (χ1) is 12.2. The first kappa shape index (κ1) is 19.6. The number of carbonyl (C=O) groups is 3. The molecule has 142 valence electrons.